The Labute approximate surface area is 137 Å². The molecule has 1 aromatic heterocycles. The molecule has 0 bridgehead atoms. The van der Waals surface area contributed by atoms with E-state index in [1.54, 1.807) is 25.4 Å². The summed E-state index contributed by atoms with van der Waals surface area (Å²) in [6, 6.07) is 11.5. The summed E-state index contributed by atoms with van der Waals surface area (Å²) in [6.45, 7) is 5.34. The van der Waals surface area contributed by atoms with E-state index in [2.05, 4.69) is 35.5 Å². The van der Waals surface area contributed by atoms with Gasteiger partial charge in [-0.2, -0.15) is 0 Å². The number of ether oxygens (including phenoxy) is 1. The van der Waals surface area contributed by atoms with Crippen molar-refractivity contribution in [2.45, 2.75) is 19.8 Å². The smallest absolute Gasteiger partial charge is 0.254 e. The average Bonchev–Trinajstić information content (AvgIpc) is 2.58. The summed E-state index contributed by atoms with van der Waals surface area (Å²) in [6.07, 6.45) is 1.66. The van der Waals surface area contributed by atoms with Crippen LogP contribution >= 0.6 is 0 Å². The van der Waals surface area contributed by atoms with Crippen molar-refractivity contribution in [3.8, 4) is 5.75 Å². The third-order valence-electron chi connectivity index (χ3n) is 3.47. The third-order valence-corrected chi connectivity index (χ3v) is 3.47. The van der Waals surface area contributed by atoms with Crippen molar-refractivity contribution in [3.63, 3.8) is 0 Å². The maximum absolute atomic E-state index is 11.8. The third kappa shape index (κ3) is 4.45. The summed E-state index contributed by atoms with van der Waals surface area (Å²) in [5.41, 5.74) is 1.72. The van der Waals surface area contributed by atoms with Crippen molar-refractivity contribution < 1.29 is 9.53 Å². The number of benzene rings is 1. The van der Waals surface area contributed by atoms with E-state index in [4.69, 9.17) is 4.74 Å². The fourth-order valence-corrected chi connectivity index (χ4v) is 2.28. The lowest BCUT2D eigenvalue weighted by Crippen LogP contribution is -2.21. The van der Waals surface area contributed by atoms with Crippen molar-refractivity contribution in [3.05, 3.63) is 53.7 Å². The Balaban J connectivity index is 1.93. The number of aromatic nitrogens is 1. The standard InChI is InChI=1S/C18H23N3O2/c1-13(2)14-7-4-5-9-16(14)23-12-11-21-17-15(18(22)19-3)8-6-10-20-17/h4-10,13H,11-12H2,1-3H3,(H,19,22)(H,20,21). The highest BCUT2D eigenvalue weighted by molar-refractivity contribution is 5.98. The first kappa shape index (κ1) is 16.8. The molecule has 0 saturated carbocycles. The van der Waals surface area contributed by atoms with E-state index in [9.17, 15) is 4.79 Å². The lowest BCUT2D eigenvalue weighted by Gasteiger charge is -2.14. The van der Waals surface area contributed by atoms with Crippen LogP contribution in [0.25, 0.3) is 0 Å². The Hall–Kier alpha value is -2.56. The molecular formula is C18H23N3O2. The molecule has 2 N–H and O–H groups in total. The first-order valence-electron chi connectivity index (χ1n) is 7.76. The summed E-state index contributed by atoms with van der Waals surface area (Å²) in [5.74, 6) is 1.71. The SMILES string of the molecule is CNC(=O)c1cccnc1NCCOc1ccccc1C(C)C. The number of carbonyl (C=O) groups excluding carboxylic acids is 1. The van der Waals surface area contributed by atoms with Gasteiger partial charge >= 0.3 is 0 Å². The molecule has 2 aromatic rings. The topological polar surface area (TPSA) is 63.2 Å². The lowest BCUT2D eigenvalue weighted by atomic mass is 10.0. The molecule has 0 saturated heterocycles. The van der Waals surface area contributed by atoms with Crippen LogP contribution in [0.5, 0.6) is 5.75 Å². The summed E-state index contributed by atoms with van der Waals surface area (Å²) >= 11 is 0. The maximum atomic E-state index is 11.8. The van der Waals surface area contributed by atoms with E-state index in [0.717, 1.165) is 5.75 Å². The van der Waals surface area contributed by atoms with Crippen LogP contribution in [0.15, 0.2) is 42.6 Å². The van der Waals surface area contributed by atoms with E-state index >= 15 is 0 Å². The molecule has 0 aliphatic rings. The summed E-state index contributed by atoms with van der Waals surface area (Å²) in [4.78, 5) is 16.0. The molecule has 5 nitrogen and oxygen atoms in total. The fraction of sp³-hybridized carbons (Fsp3) is 0.333. The van der Waals surface area contributed by atoms with Crippen LogP contribution in [0.4, 0.5) is 5.82 Å². The van der Waals surface area contributed by atoms with Crippen LogP contribution in [-0.4, -0.2) is 31.1 Å². The quantitative estimate of drug-likeness (QED) is 0.771. The monoisotopic (exact) mass is 313 g/mol. The van der Waals surface area contributed by atoms with Crippen molar-refractivity contribution >= 4 is 11.7 Å². The van der Waals surface area contributed by atoms with Crippen LogP contribution in [0.2, 0.25) is 0 Å². The van der Waals surface area contributed by atoms with Crippen LogP contribution in [-0.2, 0) is 0 Å². The first-order chi connectivity index (χ1) is 11.1. The minimum absolute atomic E-state index is 0.160. The zero-order valence-corrected chi connectivity index (χ0v) is 13.8. The molecule has 0 unspecified atom stereocenters. The van der Waals surface area contributed by atoms with E-state index < -0.39 is 0 Å². The highest BCUT2D eigenvalue weighted by atomic mass is 16.5. The first-order valence-corrected chi connectivity index (χ1v) is 7.76. The molecule has 0 atom stereocenters. The molecule has 23 heavy (non-hydrogen) atoms. The number of anilines is 1. The van der Waals surface area contributed by atoms with E-state index in [1.807, 2.05) is 18.2 Å². The van der Waals surface area contributed by atoms with Gasteiger partial charge in [-0.1, -0.05) is 32.0 Å². The Morgan fingerprint density at radius 2 is 2.00 bits per heavy atom. The molecular weight excluding hydrogens is 290 g/mol. The number of pyridine rings is 1. The number of amides is 1. The molecule has 1 aromatic carbocycles. The molecule has 1 amide bonds. The molecule has 0 spiro atoms. The molecule has 0 fully saturated rings. The Morgan fingerprint density at radius 1 is 1.22 bits per heavy atom. The predicted octanol–water partition coefficient (Wildman–Crippen LogP) is 3.06. The van der Waals surface area contributed by atoms with Crippen LogP contribution < -0.4 is 15.4 Å². The lowest BCUT2D eigenvalue weighted by molar-refractivity contribution is 0.0963. The molecule has 122 valence electrons. The van der Waals surface area contributed by atoms with E-state index in [0.29, 0.717) is 30.5 Å². The molecule has 0 aliphatic heterocycles. The minimum Gasteiger partial charge on any atom is -0.491 e. The Kier molecular flexibility index (Phi) is 5.97. The van der Waals surface area contributed by atoms with Gasteiger partial charge in [0.15, 0.2) is 0 Å². The van der Waals surface area contributed by atoms with Gasteiger partial charge in [-0.3, -0.25) is 4.79 Å². The molecule has 2 rings (SSSR count). The summed E-state index contributed by atoms with van der Waals surface area (Å²) in [5, 5.41) is 5.76. The second kappa shape index (κ2) is 8.17. The highest BCUT2D eigenvalue weighted by Crippen LogP contribution is 2.25. The summed E-state index contributed by atoms with van der Waals surface area (Å²) in [7, 11) is 1.60. The second-order valence-corrected chi connectivity index (χ2v) is 5.45. The summed E-state index contributed by atoms with van der Waals surface area (Å²) < 4.78 is 5.86. The van der Waals surface area contributed by atoms with Gasteiger partial charge in [0.2, 0.25) is 0 Å². The number of nitrogens with zero attached hydrogens (tertiary/aromatic N) is 1. The second-order valence-electron chi connectivity index (χ2n) is 5.45. The van der Waals surface area contributed by atoms with Gasteiger partial charge in [-0.05, 0) is 29.7 Å². The van der Waals surface area contributed by atoms with Crippen molar-refractivity contribution in [2.24, 2.45) is 0 Å². The van der Waals surface area contributed by atoms with Crippen LogP contribution in [0, 0.1) is 0 Å². The molecule has 5 heteroatoms. The zero-order chi connectivity index (χ0) is 16.7. The zero-order valence-electron chi connectivity index (χ0n) is 13.8. The Morgan fingerprint density at radius 3 is 2.74 bits per heavy atom. The van der Waals surface area contributed by atoms with Gasteiger partial charge in [0.1, 0.15) is 18.2 Å². The van der Waals surface area contributed by atoms with Gasteiger partial charge in [0.25, 0.3) is 5.91 Å². The molecule has 0 aliphatic carbocycles. The fourth-order valence-electron chi connectivity index (χ4n) is 2.28. The number of carbonyl (C=O) groups is 1. The van der Waals surface area contributed by atoms with Crippen molar-refractivity contribution in [2.75, 3.05) is 25.5 Å². The van der Waals surface area contributed by atoms with Gasteiger partial charge < -0.3 is 15.4 Å². The number of rotatable bonds is 7. The van der Waals surface area contributed by atoms with Gasteiger partial charge in [0.05, 0.1) is 12.1 Å². The Bertz CT molecular complexity index is 656. The van der Waals surface area contributed by atoms with Crippen LogP contribution in [0.3, 0.4) is 0 Å². The van der Waals surface area contributed by atoms with Crippen molar-refractivity contribution in [1.82, 2.24) is 10.3 Å². The van der Waals surface area contributed by atoms with E-state index in [-0.39, 0.29) is 5.91 Å². The number of hydrogen-bond acceptors (Lipinski definition) is 4. The van der Waals surface area contributed by atoms with E-state index in [1.165, 1.54) is 5.56 Å². The molecule has 1 heterocycles. The minimum atomic E-state index is -0.160. The highest BCUT2D eigenvalue weighted by Gasteiger charge is 2.10. The van der Waals surface area contributed by atoms with Gasteiger partial charge in [0, 0.05) is 13.2 Å². The van der Waals surface area contributed by atoms with Crippen LogP contribution in [0.1, 0.15) is 35.7 Å². The average molecular weight is 313 g/mol. The predicted molar refractivity (Wildman–Crippen MR) is 92.1 cm³/mol. The van der Waals surface area contributed by atoms with Gasteiger partial charge in [-0.15, -0.1) is 0 Å². The molecule has 0 radical (unpaired) electrons. The maximum Gasteiger partial charge on any atom is 0.254 e. The normalized spacial score (nSPS) is 10.4. The van der Waals surface area contributed by atoms with Crippen molar-refractivity contribution in [1.29, 1.82) is 0 Å². The largest absolute Gasteiger partial charge is 0.491 e. The number of para-hydroxylation sites is 1. The van der Waals surface area contributed by atoms with Gasteiger partial charge in [-0.25, -0.2) is 4.98 Å². The number of nitrogens with one attached hydrogen (secondary N) is 2. The number of hydrogen-bond donors (Lipinski definition) is 2.